The second-order valence-electron chi connectivity index (χ2n) is 4.06. The van der Waals surface area contributed by atoms with Crippen LogP contribution in [0.4, 0.5) is 0 Å². The van der Waals surface area contributed by atoms with Crippen molar-refractivity contribution >= 4 is 5.97 Å². The number of carbonyl (C=O) groups is 1. The molecule has 3 nitrogen and oxygen atoms in total. The van der Waals surface area contributed by atoms with Crippen molar-refractivity contribution in [2.24, 2.45) is 0 Å². The van der Waals surface area contributed by atoms with Gasteiger partial charge in [0.05, 0.1) is 0 Å². The van der Waals surface area contributed by atoms with Crippen LogP contribution in [-0.2, 0) is 4.79 Å². The summed E-state index contributed by atoms with van der Waals surface area (Å²) in [6.45, 7) is 4.18. The molecule has 0 aromatic carbocycles. The Kier molecular flexibility index (Phi) is 4.94. The van der Waals surface area contributed by atoms with Gasteiger partial charge in [0.2, 0.25) is 0 Å². The van der Waals surface area contributed by atoms with Crippen LogP contribution < -0.4 is 0 Å². The van der Waals surface area contributed by atoms with Crippen LogP contribution in [0.5, 0.6) is 0 Å². The quantitative estimate of drug-likeness (QED) is 0.712. The SMILES string of the molecule is CCN(CCCC(=O)O)C1CCCC1. The summed E-state index contributed by atoms with van der Waals surface area (Å²) in [5.74, 6) is -0.674. The van der Waals surface area contributed by atoms with Crippen molar-refractivity contribution in [1.82, 2.24) is 4.90 Å². The standard InChI is InChI=1S/C11H21NO2/c1-2-12(9-5-8-11(13)14)10-6-3-4-7-10/h10H,2-9H2,1H3,(H,13,14). The highest BCUT2D eigenvalue weighted by atomic mass is 16.4. The number of nitrogens with zero attached hydrogens (tertiary/aromatic N) is 1. The van der Waals surface area contributed by atoms with E-state index in [4.69, 9.17) is 5.11 Å². The molecule has 1 aliphatic rings. The lowest BCUT2D eigenvalue weighted by molar-refractivity contribution is -0.137. The zero-order chi connectivity index (χ0) is 10.4. The first-order valence-electron chi connectivity index (χ1n) is 5.70. The molecule has 0 aromatic rings. The maximum absolute atomic E-state index is 10.4. The molecular weight excluding hydrogens is 178 g/mol. The van der Waals surface area contributed by atoms with Crippen LogP contribution in [-0.4, -0.2) is 35.1 Å². The number of hydrogen-bond acceptors (Lipinski definition) is 2. The van der Waals surface area contributed by atoms with Gasteiger partial charge in [0.1, 0.15) is 0 Å². The highest BCUT2D eigenvalue weighted by molar-refractivity contribution is 5.66. The number of hydrogen-bond donors (Lipinski definition) is 1. The molecule has 0 aliphatic heterocycles. The van der Waals surface area contributed by atoms with Crippen LogP contribution in [0.2, 0.25) is 0 Å². The summed E-state index contributed by atoms with van der Waals surface area (Å²) in [6, 6.07) is 0.730. The third-order valence-corrected chi connectivity index (χ3v) is 3.08. The van der Waals surface area contributed by atoms with Crippen LogP contribution >= 0.6 is 0 Å². The van der Waals surface area contributed by atoms with Gasteiger partial charge in [-0.2, -0.15) is 0 Å². The summed E-state index contributed by atoms with van der Waals surface area (Å²) >= 11 is 0. The average Bonchev–Trinajstić information content (AvgIpc) is 2.64. The molecule has 1 rings (SSSR count). The summed E-state index contributed by atoms with van der Waals surface area (Å²) in [4.78, 5) is 12.8. The Morgan fingerprint density at radius 3 is 2.57 bits per heavy atom. The van der Waals surface area contributed by atoms with Gasteiger partial charge in [-0.3, -0.25) is 4.79 Å². The molecule has 14 heavy (non-hydrogen) atoms. The molecule has 1 N–H and O–H groups in total. The molecule has 0 unspecified atom stereocenters. The van der Waals surface area contributed by atoms with Crippen molar-refractivity contribution in [2.45, 2.75) is 51.5 Å². The van der Waals surface area contributed by atoms with E-state index in [9.17, 15) is 4.79 Å². The summed E-state index contributed by atoms with van der Waals surface area (Å²) < 4.78 is 0. The van der Waals surface area contributed by atoms with Crippen molar-refractivity contribution in [1.29, 1.82) is 0 Å². The van der Waals surface area contributed by atoms with E-state index < -0.39 is 5.97 Å². The summed E-state index contributed by atoms with van der Waals surface area (Å²) in [6.07, 6.45) is 6.41. The number of carboxylic acids is 1. The van der Waals surface area contributed by atoms with E-state index in [0.717, 1.165) is 25.6 Å². The highest BCUT2D eigenvalue weighted by Crippen LogP contribution is 2.23. The van der Waals surface area contributed by atoms with Gasteiger partial charge >= 0.3 is 5.97 Å². The molecule has 0 heterocycles. The topological polar surface area (TPSA) is 40.5 Å². The second-order valence-corrected chi connectivity index (χ2v) is 4.06. The molecule has 0 saturated heterocycles. The lowest BCUT2D eigenvalue weighted by Gasteiger charge is -2.26. The lowest BCUT2D eigenvalue weighted by Crippen LogP contribution is -2.34. The van der Waals surface area contributed by atoms with E-state index in [2.05, 4.69) is 11.8 Å². The first-order valence-corrected chi connectivity index (χ1v) is 5.70. The van der Waals surface area contributed by atoms with Crippen LogP contribution in [0.1, 0.15) is 45.4 Å². The molecule has 3 heteroatoms. The van der Waals surface area contributed by atoms with Crippen molar-refractivity contribution in [3.8, 4) is 0 Å². The maximum atomic E-state index is 10.4. The minimum absolute atomic E-state index is 0.309. The predicted molar refractivity (Wildman–Crippen MR) is 56.4 cm³/mol. The monoisotopic (exact) mass is 199 g/mol. The number of rotatable bonds is 6. The third kappa shape index (κ3) is 3.66. The Labute approximate surface area is 86.1 Å². The first-order chi connectivity index (χ1) is 6.74. The van der Waals surface area contributed by atoms with E-state index >= 15 is 0 Å². The average molecular weight is 199 g/mol. The number of carboxylic acid groups (broad SMARTS) is 1. The molecule has 1 saturated carbocycles. The fraction of sp³-hybridized carbons (Fsp3) is 0.909. The van der Waals surface area contributed by atoms with E-state index in [1.165, 1.54) is 25.7 Å². The molecule has 0 bridgehead atoms. The van der Waals surface area contributed by atoms with Crippen molar-refractivity contribution in [3.05, 3.63) is 0 Å². The van der Waals surface area contributed by atoms with Crippen LogP contribution in [0.25, 0.3) is 0 Å². The van der Waals surface area contributed by atoms with Gasteiger partial charge < -0.3 is 10.0 Å². The number of aliphatic carboxylic acids is 1. The van der Waals surface area contributed by atoms with Crippen molar-refractivity contribution < 1.29 is 9.90 Å². The molecule has 1 fully saturated rings. The molecule has 82 valence electrons. The smallest absolute Gasteiger partial charge is 0.303 e. The zero-order valence-electron chi connectivity index (χ0n) is 9.04. The Bertz CT molecular complexity index is 176. The van der Waals surface area contributed by atoms with Crippen LogP contribution in [0, 0.1) is 0 Å². The van der Waals surface area contributed by atoms with Crippen molar-refractivity contribution in [2.75, 3.05) is 13.1 Å². The second kappa shape index (κ2) is 6.02. The maximum Gasteiger partial charge on any atom is 0.303 e. The van der Waals surface area contributed by atoms with E-state index in [1.807, 2.05) is 0 Å². The van der Waals surface area contributed by atoms with Gasteiger partial charge in [0.15, 0.2) is 0 Å². The van der Waals surface area contributed by atoms with E-state index in [1.54, 1.807) is 0 Å². The molecule has 0 spiro atoms. The zero-order valence-corrected chi connectivity index (χ0v) is 9.04. The summed E-state index contributed by atoms with van der Waals surface area (Å²) in [5, 5.41) is 8.55. The van der Waals surface area contributed by atoms with Crippen LogP contribution in [0.15, 0.2) is 0 Å². The third-order valence-electron chi connectivity index (χ3n) is 3.08. The van der Waals surface area contributed by atoms with Gasteiger partial charge in [0, 0.05) is 12.5 Å². The fourth-order valence-electron chi connectivity index (χ4n) is 2.30. The Morgan fingerprint density at radius 2 is 2.07 bits per heavy atom. The molecule has 1 aliphatic carbocycles. The lowest BCUT2D eigenvalue weighted by atomic mass is 10.2. The summed E-state index contributed by atoms with van der Waals surface area (Å²) in [7, 11) is 0. The van der Waals surface area contributed by atoms with Crippen molar-refractivity contribution in [3.63, 3.8) is 0 Å². The van der Waals surface area contributed by atoms with E-state index in [-0.39, 0.29) is 0 Å². The largest absolute Gasteiger partial charge is 0.481 e. The van der Waals surface area contributed by atoms with E-state index in [0.29, 0.717) is 6.42 Å². The molecule has 0 radical (unpaired) electrons. The Balaban J connectivity index is 2.20. The Morgan fingerprint density at radius 1 is 1.43 bits per heavy atom. The highest BCUT2D eigenvalue weighted by Gasteiger charge is 2.20. The molecule has 0 aromatic heterocycles. The minimum Gasteiger partial charge on any atom is -0.481 e. The van der Waals surface area contributed by atoms with Gasteiger partial charge in [-0.05, 0) is 32.4 Å². The molecule has 0 atom stereocenters. The van der Waals surface area contributed by atoms with Gasteiger partial charge in [0.25, 0.3) is 0 Å². The fourth-order valence-corrected chi connectivity index (χ4v) is 2.30. The first kappa shape index (κ1) is 11.5. The predicted octanol–water partition coefficient (Wildman–Crippen LogP) is 2.12. The van der Waals surface area contributed by atoms with Gasteiger partial charge in [-0.25, -0.2) is 0 Å². The summed E-state index contributed by atoms with van der Waals surface area (Å²) in [5.41, 5.74) is 0. The van der Waals surface area contributed by atoms with Gasteiger partial charge in [-0.15, -0.1) is 0 Å². The Hall–Kier alpha value is -0.570. The molecule has 0 amide bonds. The van der Waals surface area contributed by atoms with Gasteiger partial charge in [-0.1, -0.05) is 19.8 Å². The minimum atomic E-state index is -0.674. The molecular formula is C11H21NO2. The normalized spacial score (nSPS) is 17.9. The van der Waals surface area contributed by atoms with Crippen LogP contribution in [0.3, 0.4) is 0 Å².